The van der Waals surface area contributed by atoms with E-state index in [-0.39, 0.29) is 0 Å². The van der Waals surface area contributed by atoms with Gasteiger partial charge in [0, 0.05) is 27.8 Å². The summed E-state index contributed by atoms with van der Waals surface area (Å²) in [5, 5.41) is 4.01. The zero-order chi connectivity index (χ0) is 23.8. The van der Waals surface area contributed by atoms with E-state index in [0.29, 0.717) is 12.1 Å². The minimum absolute atomic E-state index is 0.417. The fourth-order valence-corrected chi connectivity index (χ4v) is 5.31. The van der Waals surface area contributed by atoms with E-state index in [0.717, 1.165) is 44.4 Å². The number of amides is 1. The first-order valence-corrected chi connectivity index (χ1v) is 12.3. The minimum Gasteiger partial charge on any atom is -0.457 e. The Bertz CT molecular complexity index is 1650. The van der Waals surface area contributed by atoms with Crippen molar-refractivity contribution in [3.05, 3.63) is 120 Å². The summed E-state index contributed by atoms with van der Waals surface area (Å²) in [7, 11) is 0. The molecule has 0 unspecified atom stereocenters. The number of ether oxygens (including phenoxy) is 1. The molecular formula is C30H22N2O2S. The van der Waals surface area contributed by atoms with Gasteiger partial charge >= 0.3 is 0 Å². The summed E-state index contributed by atoms with van der Waals surface area (Å²) in [5.41, 5.74) is 10.7. The monoisotopic (exact) mass is 474 g/mol. The van der Waals surface area contributed by atoms with Gasteiger partial charge in [-0.15, -0.1) is 11.3 Å². The summed E-state index contributed by atoms with van der Waals surface area (Å²) in [6, 6.07) is 34.3. The van der Waals surface area contributed by atoms with Gasteiger partial charge in [-0.1, -0.05) is 54.6 Å². The molecule has 0 saturated heterocycles. The summed E-state index contributed by atoms with van der Waals surface area (Å²) >= 11 is 1.71. The van der Waals surface area contributed by atoms with Crippen molar-refractivity contribution in [2.75, 3.05) is 0 Å². The van der Waals surface area contributed by atoms with Gasteiger partial charge in [0.1, 0.15) is 11.5 Å². The molecule has 1 amide bonds. The van der Waals surface area contributed by atoms with Crippen LogP contribution in [0.25, 0.3) is 32.2 Å². The molecule has 0 atom stereocenters. The predicted octanol–water partition coefficient (Wildman–Crippen LogP) is 7.46. The number of aromatic nitrogens is 1. The Hall–Kier alpha value is -4.35. The highest BCUT2D eigenvalue weighted by molar-refractivity contribution is 7.13. The zero-order valence-corrected chi connectivity index (χ0v) is 19.7. The lowest BCUT2D eigenvalue weighted by molar-refractivity contribution is 0.100. The average molecular weight is 475 g/mol. The number of nitrogens with two attached hydrogens (primary N) is 1. The first-order valence-electron chi connectivity index (χ1n) is 11.4. The largest absolute Gasteiger partial charge is 0.457 e. The minimum atomic E-state index is -0.417. The molecule has 2 heterocycles. The van der Waals surface area contributed by atoms with E-state index in [9.17, 15) is 4.79 Å². The van der Waals surface area contributed by atoms with Gasteiger partial charge in [-0.2, -0.15) is 0 Å². The van der Waals surface area contributed by atoms with Crippen LogP contribution in [0.15, 0.2) is 109 Å². The topological polar surface area (TPSA) is 57.2 Å². The molecule has 6 aromatic rings. The molecule has 0 aliphatic heterocycles. The molecule has 0 radical (unpaired) electrons. The normalized spacial score (nSPS) is 11.2. The van der Waals surface area contributed by atoms with Gasteiger partial charge in [0.15, 0.2) is 0 Å². The molecule has 0 fully saturated rings. The standard InChI is InChI=1S/C30H22N2O2S/c31-30(33)25-8-4-9-26-29(25)24-16-13-21(28-10-5-17-35-28)18-27(24)32(26)19-20-11-14-23(15-12-20)34-22-6-2-1-3-7-22/h1-18H,19H2,(H2,31,33). The van der Waals surface area contributed by atoms with Crippen LogP contribution in [-0.4, -0.2) is 10.5 Å². The maximum Gasteiger partial charge on any atom is 0.249 e. The first-order chi connectivity index (χ1) is 17.2. The number of nitrogens with zero attached hydrogens (tertiary/aromatic N) is 1. The number of para-hydroxylation sites is 1. The van der Waals surface area contributed by atoms with E-state index < -0.39 is 5.91 Å². The fraction of sp³-hybridized carbons (Fsp3) is 0.0333. The second-order valence-electron chi connectivity index (χ2n) is 8.42. The maximum absolute atomic E-state index is 12.3. The Morgan fingerprint density at radius 1 is 0.800 bits per heavy atom. The van der Waals surface area contributed by atoms with Crippen molar-refractivity contribution in [1.82, 2.24) is 4.57 Å². The molecule has 0 aliphatic carbocycles. The van der Waals surface area contributed by atoms with Gasteiger partial charge < -0.3 is 15.0 Å². The van der Waals surface area contributed by atoms with Crippen molar-refractivity contribution in [2.45, 2.75) is 6.54 Å². The smallest absolute Gasteiger partial charge is 0.249 e. The van der Waals surface area contributed by atoms with Crippen LogP contribution in [0.3, 0.4) is 0 Å². The first kappa shape index (κ1) is 21.2. The Balaban J connectivity index is 1.45. The van der Waals surface area contributed by atoms with E-state index in [1.54, 1.807) is 17.4 Å². The second-order valence-corrected chi connectivity index (χ2v) is 9.37. The Morgan fingerprint density at radius 2 is 1.60 bits per heavy atom. The molecule has 35 heavy (non-hydrogen) atoms. The molecule has 170 valence electrons. The van der Waals surface area contributed by atoms with Crippen LogP contribution < -0.4 is 10.5 Å². The predicted molar refractivity (Wildman–Crippen MR) is 143 cm³/mol. The van der Waals surface area contributed by atoms with Crippen LogP contribution in [0.2, 0.25) is 0 Å². The van der Waals surface area contributed by atoms with Crippen LogP contribution >= 0.6 is 11.3 Å². The number of primary amides is 1. The van der Waals surface area contributed by atoms with Crippen molar-refractivity contribution < 1.29 is 9.53 Å². The van der Waals surface area contributed by atoms with Crippen LogP contribution in [0, 0.1) is 0 Å². The van der Waals surface area contributed by atoms with Crippen LogP contribution in [0.1, 0.15) is 15.9 Å². The number of hydrogen-bond acceptors (Lipinski definition) is 3. The van der Waals surface area contributed by atoms with Crippen LogP contribution in [0.5, 0.6) is 11.5 Å². The number of benzene rings is 4. The molecule has 0 spiro atoms. The van der Waals surface area contributed by atoms with E-state index >= 15 is 0 Å². The number of carbonyl (C=O) groups excluding carboxylic acids is 1. The summed E-state index contributed by atoms with van der Waals surface area (Å²) in [4.78, 5) is 13.5. The van der Waals surface area contributed by atoms with Gasteiger partial charge in [0.25, 0.3) is 0 Å². The summed E-state index contributed by atoms with van der Waals surface area (Å²) in [5.74, 6) is 1.18. The van der Waals surface area contributed by atoms with Crippen LogP contribution in [0.4, 0.5) is 0 Å². The number of thiophene rings is 1. The molecule has 0 saturated carbocycles. The average Bonchev–Trinajstić information content (AvgIpc) is 3.53. The van der Waals surface area contributed by atoms with Crippen LogP contribution in [-0.2, 0) is 6.54 Å². The highest BCUT2D eigenvalue weighted by Crippen LogP contribution is 2.36. The molecule has 2 aromatic heterocycles. The van der Waals surface area contributed by atoms with Gasteiger partial charge in [0.05, 0.1) is 11.0 Å². The molecule has 0 aliphatic rings. The SMILES string of the molecule is NC(=O)c1cccc2c1c1ccc(-c3cccs3)cc1n2Cc1ccc(Oc2ccccc2)cc1. The Morgan fingerprint density at radius 3 is 2.34 bits per heavy atom. The molecule has 4 nitrogen and oxygen atoms in total. The van der Waals surface area contributed by atoms with Crippen molar-refractivity contribution in [2.24, 2.45) is 5.73 Å². The molecule has 0 bridgehead atoms. The third-order valence-electron chi connectivity index (χ3n) is 6.21. The lowest BCUT2D eigenvalue weighted by atomic mass is 10.0. The lowest BCUT2D eigenvalue weighted by Gasteiger charge is -2.10. The van der Waals surface area contributed by atoms with Gasteiger partial charge in [-0.05, 0) is 65.0 Å². The van der Waals surface area contributed by atoms with Gasteiger partial charge in [-0.25, -0.2) is 0 Å². The number of fused-ring (bicyclic) bond motifs is 3. The zero-order valence-electron chi connectivity index (χ0n) is 18.8. The van der Waals surface area contributed by atoms with Crippen molar-refractivity contribution >= 4 is 39.0 Å². The summed E-state index contributed by atoms with van der Waals surface area (Å²) < 4.78 is 8.22. The molecule has 5 heteroatoms. The number of rotatable bonds is 6. The second kappa shape index (κ2) is 8.78. The highest BCUT2D eigenvalue weighted by atomic mass is 32.1. The van der Waals surface area contributed by atoms with Crippen molar-refractivity contribution in [1.29, 1.82) is 0 Å². The molecule has 6 rings (SSSR count). The summed E-state index contributed by atoms with van der Waals surface area (Å²) in [6.07, 6.45) is 0. The van der Waals surface area contributed by atoms with E-state index in [2.05, 4.69) is 58.5 Å². The quantitative estimate of drug-likeness (QED) is 0.272. The third kappa shape index (κ3) is 3.96. The number of hydrogen-bond donors (Lipinski definition) is 1. The molecular weight excluding hydrogens is 452 g/mol. The fourth-order valence-electron chi connectivity index (χ4n) is 4.59. The maximum atomic E-state index is 12.3. The third-order valence-corrected chi connectivity index (χ3v) is 7.12. The van der Waals surface area contributed by atoms with Crippen molar-refractivity contribution in [3.63, 3.8) is 0 Å². The number of carbonyl (C=O) groups is 1. The molecule has 4 aromatic carbocycles. The Kier molecular flexibility index (Phi) is 5.32. The Labute approximate surface area is 206 Å². The molecule has 2 N–H and O–H groups in total. The van der Waals surface area contributed by atoms with E-state index in [4.69, 9.17) is 10.5 Å². The summed E-state index contributed by atoms with van der Waals surface area (Å²) in [6.45, 7) is 0.654. The van der Waals surface area contributed by atoms with E-state index in [1.807, 2.05) is 48.5 Å². The highest BCUT2D eigenvalue weighted by Gasteiger charge is 2.17. The van der Waals surface area contributed by atoms with Crippen molar-refractivity contribution in [3.8, 4) is 21.9 Å². The van der Waals surface area contributed by atoms with Gasteiger partial charge in [0.2, 0.25) is 5.91 Å². The van der Waals surface area contributed by atoms with E-state index in [1.165, 1.54) is 4.88 Å². The van der Waals surface area contributed by atoms with Gasteiger partial charge in [-0.3, -0.25) is 4.79 Å². The lowest BCUT2D eigenvalue weighted by Crippen LogP contribution is -2.11.